The number of benzene rings is 1. The molecule has 6 nitrogen and oxygen atoms in total. The van der Waals surface area contributed by atoms with Gasteiger partial charge in [0.05, 0.1) is 12.7 Å². The lowest BCUT2D eigenvalue weighted by molar-refractivity contribution is 0.150. The highest BCUT2D eigenvalue weighted by Gasteiger charge is 2.26. The highest BCUT2D eigenvalue weighted by Crippen LogP contribution is 2.36. The summed E-state index contributed by atoms with van der Waals surface area (Å²) >= 11 is 0. The molecule has 2 fully saturated rings. The van der Waals surface area contributed by atoms with Crippen LogP contribution in [0.1, 0.15) is 32.1 Å². The van der Waals surface area contributed by atoms with Crippen molar-refractivity contribution in [2.24, 2.45) is 5.92 Å². The van der Waals surface area contributed by atoms with E-state index in [0.29, 0.717) is 30.4 Å². The molecule has 24 heavy (non-hydrogen) atoms. The molecular weight excluding hydrogens is 308 g/mol. The van der Waals surface area contributed by atoms with Crippen LogP contribution in [0.25, 0.3) is 11.0 Å². The Morgan fingerprint density at radius 1 is 1.21 bits per heavy atom. The summed E-state index contributed by atoms with van der Waals surface area (Å²) in [5, 5.41) is 17.9. The van der Waals surface area contributed by atoms with Crippen molar-refractivity contribution in [1.82, 2.24) is 10.5 Å². The number of rotatable bonds is 5. The molecule has 2 atom stereocenters. The van der Waals surface area contributed by atoms with Gasteiger partial charge in [-0.05, 0) is 62.0 Å². The molecule has 2 heterocycles. The van der Waals surface area contributed by atoms with Gasteiger partial charge in [-0.2, -0.15) is 0 Å². The van der Waals surface area contributed by atoms with E-state index in [1.165, 1.54) is 0 Å². The summed E-state index contributed by atoms with van der Waals surface area (Å²) in [6.45, 7) is 2.75. The van der Waals surface area contributed by atoms with E-state index in [1.807, 2.05) is 18.2 Å². The number of aliphatic hydroxyl groups is 1. The molecule has 0 spiro atoms. The van der Waals surface area contributed by atoms with Crippen molar-refractivity contribution in [3.8, 4) is 11.6 Å². The van der Waals surface area contributed by atoms with Gasteiger partial charge in [0.25, 0.3) is 5.88 Å². The molecule has 4 rings (SSSR count). The van der Waals surface area contributed by atoms with E-state index in [-0.39, 0.29) is 12.2 Å². The predicted octanol–water partition coefficient (Wildman–Crippen LogP) is 2.50. The minimum atomic E-state index is -0.257. The fourth-order valence-corrected chi connectivity index (χ4v) is 3.58. The third-order valence-corrected chi connectivity index (χ3v) is 4.99. The zero-order chi connectivity index (χ0) is 16.4. The van der Waals surface area contributed by atoms with E-state index in [0.717, 1.165) is 49.9 Å². The number of aromatic nitrogens is 1. The van der Waals surface area contributed by atoms with Crippen molar-refractivity contribution in [3.05, 3.63) is 18.2 Å². The second kappa shape index (κ2) is 6.99. The number of aliphatic hydroxyl groups excluding tert-OH is 1. The van der Waals surface area contributed by atoms with Gasteiger partial charge in [-0.15, -0.1) is 0 Å². The van der Waals surface area contributed by atoms with Crippen LogP contribution in [0.3, 0.4) is 0 Å². The Balaban J connectivity index is 1.50. The van der Waals surface area contributed by atoms with E-state index in [9.17, 15) is 5.11 Å². The van der Waals surface area contributed by atoms with Gasteiger partial charge in [-0.1, -0.05) is 6.07 Å². The third-order valence-electron chi connectivity index (χ3n) is 4.99. The molecule has 1 aromatic heterocycles. The van der Waals surface area contributed by atoms with E-state index >= 15 is 0 Å². The van der Waals surface area contributed by atoms with Crippen LogP contribution in [0.4, 0.5) is 0 Å². The second-order valence-corrected chi connectivity index (χ2v) is 6.83. The molecule has 1 aromatic carbocycles. The largest absolute Gasteiger partial charge is 0.489 e. The van der Waals surface area contributed by atoms with E-state index in [1.54, 1.807) is 0 Å². The number of hydrogen-bond acceptors (Lipinski definition) is 6. The quantitative estimate of drug-likeness (QED) is 0.876. The van der Waals surface area contributed by atoms with Crippen molar-refractivity contribution < 1.29 is 19.1 Å². The van der Waals surface area contributed by atoms with Gasteiger partial charge in [0.2, 0.25) is 0 Å². The standard InChI is InChI=1S/C18H24N2O4/c21-13-4-5-14(10-13)23-15-2-1-3-16-17(15)18(20-24-16)22-11-12-6-8-19-9-7-12/h1-3,12-14,19,21H,4-11H2/t13-,14-/m0/s1. The van der Waals surface area contributed by atoms with Crippen LogP contribution in [0.5, 0.6) is 11.6 Å². The molecule has 6 heteroatoms. The van der Waals surface area contributed by atoms with E-state index in [4.69, 9.17) is 14.0 Å². The maximum Gasteiger partial charge on any atom is 0.265 e. The average Bonchev–Trinajstić information content (AvgIpc) is 3.21. The number of piperidine rings is 1. The monoisotopic (exact) mass is 332 g/mol. The Labute approximate surface area is 141 Å². The van der Waals surface area contributed by atoms with Gasteiger partial charge >= 0.3 is 0 Å². The van der Waals surface area contributed by atoms with Crippen LogP contribution < -0.4 is 14.8 Å². The topological polar surface area (TPSA) is 76.8 Å². The van der Waals surface area contributed by atoms with Crippen molar-refractivity contribution in [2.45, 2.75) is 44.3 Å². The maximum absolute atomic E-state index is 9.69. The lowest BCUT2D eigenvalue weighted by atomic mass is 9.99. The molecule has 1 saturated carbocycles. The first-order valence-electron chi connectivity index (χ1n) is 8.86. The van der Waals surface area contributed by atoms with Gasteiger partial charge in [-0.25, -0.2) is 0 Å². The summed E-state index contributed by atoms with van der Waals surface area (Å²) < 4.78 is 17.5. The highest BCUT2D eigenvalue weighted by molar-refractivity contribution is 5.88. The molecule has 2 aliphatic rings. The summed E-state index contributed by atoms with van der Waals surface area (Å²) in [7, 11) is 0. The molecule has 2 N–H and O–H groups in total. The number of nitrogens with zero attached hydrogens (tertiary/aromatic N) is 1. The first-order valence-corrected chi connectivity index (χ1v) is 8.86. The molecule has 2 aromatic rings. The number of fused-ring (bicyclic) bond motifs is 1. The number of ether oxygens (including phenoxy) is 2. The zero-order valence-corrected chi connectivity index (χ0v) is 13.7. The summed E-state index contributed by atoms with van der Waals surface area (Å²) in [4.78, 5) is 0. The Morgan fingerprint density at radius 2 is 2.08 bits per heavy atom. The number of nitrogens with one attached hydrogen (secondary N) is 1. The van der Waals surface area contributed by atoms with Crippen LogP contribution in [0.15, 0.2) is 22.7 Å². The van der Waals surface area contributed by atoms with Crippen molar-refractivity contribution in [3.63, 3.8) is 0 Å². The lowest BCUT2D eigenvalue weighted by Crippen LogP contribution is -2.30. The first kappa shape index (κ1) is 15.7. The predicted molar refractivity (Wildman–Crippen MR) is 89.4 cm³/mol. The minimum Gasteiger partial charge on any atom is -0.489 e. The summed E-state index contributed by atoms with van der Waals surface area (Å²) in [5.74, 6) is 1.79. The summed E-state index contributed by atoms with van der Waals surface area (Å²) in [6, 6.07) is 5.68. The van der Waals surface area contributed by atoms with Crippen molar-refractivity contribution >= 4 is 11.0 Å². The Hall–Kier alpha value is -1.79. The Kier molecular flexibility index (Phi) is 4.58. The molecule has 0 bridgehead atoms. The summed E-state index contributed by atoms with van der Waals surface area (Å²) in [5.41, 5.74) is 0.673. The smallest absolute Gasteiger partial charge is 0.265 e. The molecular formula is C18H24N2O4. The molecule has 0 unspecified atom stereocenters. The Morgan fingerprint density at radius 3 is 2.88 bits per heavy atom. The van der Waals surface area contributed by atoms with Crippen LogP contribution in [0.2, 0.25) is 0 Å². The van der Waals surface area contributed by atoms with E-state index < -0.39 is 0 Å². The molecule has 130 valence electrons. The molecule has 1 saturated heterocycles. The fraction of sp³-hybridized carbons (Fsp3) is 0.611. The van der Waals surface area contributed by atoms with Crippen LogP contribution in [-0.2, 0) is 0 Å². The normalized spacial score (nSPS) is 25.2. The van der Waals surface area contributed by atoms with E-state index in [2.05, 4.69) is 10.5 Å². The highest BCUT2D eigenvalue weighted by atomic mass is 16.5. The molecule has 0 amide bonds. The van der Waals surface area contributed by atoms with Crippen molar-refractivity contribution in [2.75, 3.05) is 19.7 Å². The Bertz CT molecular complexity index is 681. The number of hydrogen-bond donors (Lipinski definition) is 2. The second-order valence-electron chi connectivity index (χ2n) is 6.83. The maximum atomic E-state index is 9.69. The zero-order valence-electron chi connectivity index (χ0n) is 13.7. The average molecular weight is 332 g/mol. The SMILES string of the molecule is O[C@H]1CC[C@H](Oc2cccc3onc(OCC4CCNCC4)c23)C1. The minimum absolute atomic E-state index is 0.0396. The van der Waals surface area contributed by atoms with Gasteiger partial charge < -0.3 is 24.4 Å². The molecule has 1 aliphatic carbocycles. The van der Waals surface area contributed by atoms with Crippen LogP contribution >= 0.6 is 0 Å². The summed E-state index contributed by atoms with van der Waals surface area (Å²) in [6.07, 6.45) is 4.37. The van der Waals surface area contributed by atoms with Crippen LogP contribution in [0, 0.1) is 5.92 Å². The first-order chi connectivity index (χ1) is 11.8. The molecule has 1 aliphatic heterocycles. The fourth-order valence-electron chi connectivity index (χ4n) is 3.58. The van der Waals surface area contributed by atoms with Crippen molar-refractivity contribution in [1.29, 1.82) is 0 Å². The molecule has 0 radical (unpaired) electrons. The van der Waals surface area contributed by atoms with Gasteiger partial charge in [0.15, 0.2) is 5.58 Å². The lowest BCUT2D eigenvalue weighted by Gasteiger charge is -2.22. The third kappa shape index (κ3) is 3.35. The van der Waals surface area contributed by atoms with Gasteiger partial charge in [-0.3, -0.25) is 0 Å². The van der Waals surface area contributed by atoms with Gasteiger partial charge in [0, 0.05) is 6.42 Å². The van der Waals surface area contributed by atoms with Crippen LogP contribution in [-0.4, -0.2) is 42.2 Å². The van der Waals surface area contributed by atoms with Gasteiger partial charge in [0.1, 0.15) is 17.2 Å².